The van der Waals surface area contributed by atoms with E-state index in [1.807, 2.05) is 25.3 Å². The molecule has 0 saturated carbocycles. The molecular formula is C35H45N9O3. The van der Waals surface area contributed by atoms with Crippen molar-refractivity contribution in [2.24, 2.45) is 5.92 Å². The van der Waals surface area contributed by atoms with Gasteiger partial charge < -0.3 is 25.2 Å². The predicted molar refractivity (Wildman–Crippen MR) is 184 cm³/mol. The van der Waals surface area contributed by atoms with Crippen molar-refractivity contribution in [3.8, 4) is 5.75 Å². The van der Waals surface area contributed by atoms with Crippen molar-refractivity contribution in [2.75, 3.05) is 86.0 Å². The number of benzene rings is 2. The molecule has 248 valence electrons. The summed E-state index contributed by atoms with van der Waals surface area (Å²) in [5.41, 5.74) is 7.44. The van der Waals surface area contributed by atoms with Crippen molar-refractivity contribution in [1.29, 1.82) is 0 Å². The Kier molecular flexibility index (Phi) is 9.12. The molecule has 4 aliphatic heterocycles. The summed E-state index contributed by atoms with van der Waals surface area (Å²) in [6, 6.07) is 12.2. The number of carbonyl (C=O) groups is 2. The van der Waals surface area contributed by atoms with Gasteiger partial charge in [0.1, 0.15) is 5.75 Å². The van der Waals surface area contributed by atoms with Crippen LogP contribution in [0.5, 0.6) is 5.75 Å². The summed E-state index contributed by atoms with van der Waals surface area (Å²) in [5, 5.41) is 9.16. The second-order valence-corrected chi connectivity index (χ2v) is 13.0. The number of fused-ring (bicyclic) bond motifs is 1. The lowest BCUT2D eigenvalue weighted by molar-refractivity contribution is -0.120. The Bertz CT molecular complexity index is 1620. The van der Waals surface area contributed by atoms with Gasteiger partial charge in [0.05, 0.1) is 18.5 Å². The number of hydrogen-bond acceptors (Lipinski definition) is 10. The topological polar surface area (TPSA) is 118 Å². The van der Waals surface area contributed by atoms with Crippen molar-refractivity contribution in [2.45, 2.75) is 39.2 Å². The number of ether oxygens (including phenoxy) is 1. The summed E-state index contributed by atoms with van der Waals surface area (Å²) in [6.07, 6.45) is 5.56. The highest BCUT2D eigenvalue weighted by atomic mass is 16.5. The summed E-state index contributed by atoms with van der Waals surface area (Å²) in [7, 11) is 1.74. The number of nitrogens with one attached hydrogen (secondary N) is 3. The molecule has 0 radical (unpaired) electrons. The first-order valence-electron chi connectivity index (χ1n) is 16.9. The van der Waals surface area contributed by atoms with Crippen LogP contribution in [-0.2, 0) is 17.8 Å². The molecule has 4 aliphatic rings. The second kappa shape index (κ2) is 13.7. The van der Waals surface area contributed by atoms with Gasteiger partial charge in [0.2, 0.25) is 11.9 Å². The molecule has 0 unspecified atom stereocenters. The summed E-state index contributed by atoms with van der Waals surface area (Å²) in [5.74, 6) is 1.95. The first-order valence-corrected chi connectivity index (χ1v) is 16.9. The molecule has 3 amide bonds. The predicted octanol–water partition coefficient (Wildman–Crippen LogP) is 3.67. The molecule has 12 nitrogen and oxygen atoms in total. The highest BCUT2D eigenvalue weighted by Crippen LogP contribution is 2.35. The van der Waals surface area contributed by atoms with Gasteiger partial charge in [0.15, 0.2) is 0 Å². The molecule has 7 rings (SSSR count). The van der Waals surface area contributed by atoms with E-state index in [1.165, 1.54) is 11.3 Å². The zero-order valence-electron chi connectivity index (χ0n) is 27.4. The Labute approximate surface area is 276 Å². The number of carbonyl (C=O) groups excluding carboxylic acids is 2. The molecule has 12 heteroatoms. The quantitative estimate of drug-likeness (QED) is 0.337. The Morgan fingerprint density at radius 1 is 0.936 bits per heavy atom. The average molecular weight is 640 g/mol. The smallest absolute Gasteiger partial charge is 0.328 e. The Morgan fingerprint density at radius 2 is 1.74 bits per heavy atom. The largest absolute Gasteiger partial charge is 0.495 e. The minimum absolute atomic E-state index is 0.210. The van der Waals surface area contributed by atoms with Crippen molar-refractivity contribution in [1.82, 2.24) is 25.5 Å². The molecular weight excluding hydrogens is 594 g/mol. The maximum absolute atomic E-state index is 12.3. The van der Waals surface area contributed by atoms with Gasteiger partial charge in [-0.15, -0.1) is 0 Å². The van der Waals surface area contributed by atoms with Crippen LogP contribution in [0.4, 0.5) is 33.5 Å². The third-order valence-corrected chi connectivity index (χ3v) is 9.99. The summed E-state index contributed by atoms with van der Waals surface area (Å²) in [6.45, 7) is 11.5. The number of anilines is 5. The van der Waals surface area contributed by atoms with Crippen molar-refractivity contribution < 1.29 is 14.3 Å². The van der Waals surface area contributed by atoms with Crippen LogP contribution in [-0.4, -0.2) is 92.8 Å². The van der Waals surface area contributed by atoms with Gasteiger partial charge in [-0.1, -0.05) is 0 Å². The molecule has 1 aromatic heterocycles. The van der Waals surface area contributed by atoms with E-state index in [0.717, 1.165) is 112 Å². The zero-order chi connectivity index (χ0) is 32.3. The molecule has 2 aromatic carbocycles. The first kappa shape index (κ1) is 31.2. The number of imide groups is 1. The van der Waals surface area contributed by atoms with Gasteiger partial charge in [-0.2, -0.15) is 0 Å². The fourth-order valence-electron chi connectivity index (χ4n) is 7.28. The van der Waals surface area contributed by atoms with Crippen LogP contribution < -0.4 is 35.4 Å². The Balaban J connectivity index is 0.887. The number of piperazine rings is 1. The summed E-state index contributed by atoms with van der Waals surface area (Å²) < 4.78 is 5.84. The molecule has 3 saturated heterocycles. The first-order chi connectivity index (χ1) is 22.9. The number of piperidine rings is 1. The Morgan fingerprint density at radius 3 is 2.51 bits per heavy atom. The fourth-order valence-corrected chi connectivity index (χ4v) is 7.28. The summed E-state index contributed by atoms with van der Waals surface area (Å²) >= 11 is 0. The van der Waals surface area contributed by atoms with Crippen LogP contribution in [0.25, 0.3) is 0 Å². The van der Waals surface area contributed by atoms with E-state index < -0.39 is 0 Å². The Hall–Kier alpha value is -4.42. The van der Waals surface area contributed by atoms with Crippen LogP contribution in [0, 0.1) is 12.8 Å². The number of methoxy groups -OCH3 is 1. The number of rotatable bonds is 8. The standard InChI is InChI=1S/C35H45N9O3/c1-24-19-28(4-6-30(24)44-14-10-33(45)40-35(44)46)42-17-15-41(16-18-42)23-25-8-12-43(13-9-25)31-5-3-27(20-32(31)47-2)38-34-37-21-26-7-11-36-22-29(26)39-34/h3-6,19-21,25,36H,7-18,22-23H2,1-2H3,(H,37,38,39)(H,40,45,46). The number of aryl methyl sites for hydroxylation is 1. The van der Waals surface area contributed by atoms with E-state index in [9.17, 15) is 9.59 Å². The van der Waals surface area contributed by atoms with Gasteiger partial charge in [0, 0.05) is 94.6 Å². The molecule has 47 heavy (non-hydrogen) atoms. The van der Waals surface area contributed by atoms with Crippen molar-refractivity contribution in [3.05, 3.63) is 59.4 Å². The number of hydrogen-bond donors (Lipinski definition) is 3. The van der Waals surface area contributed by atoms with Gasteiger partial charge in [0.25, 0.3) is 0 Å². The van der Waals surface area contributed by atoms with Crippen LogP contribution in [0.1, 0.15) is 36.1 Å². The molecule has 0 atom stereocenters. The summed E-state index contributed by atoms with van der Waals surface area (Å²) in [4.78, 5) is 42.3. The highest BCUT2D eigenvalue weighted by Gasteiger charge is 2.28. The van der Waals surface area contributed by atoms with E-state index in [4.69, 9.17) is 9.72 Å². The van der Waals surface area contributed by atoms with E-state index >= 15 is 0 Å². The minimum atomic E-state index is -0.337. The van der Waals surface area contributed by atoms with Gasteiger partial charge in [-0.25, -0.2) is 14.8 Å². The van der Waals surface area contributed by atoms with Crippen LogP contribution in [0.15, 0.2) is 42.6 Å². The third kappa shape index (κ3) is 6.98. The zero-order valence-corrected chi connectivity index (χ0v) is 27.4. The fraction of sp³-hybridized carbons (Fsp3) is 0.486. The minimum Gasteiger partial charge on any atom is -0.495 e. The van der Waals surface area contributed by atoms with Gasteiger partial charge >= 0.3 is 6.03 Å². The SMILES string of the molecule is COc1cc(Nc2ncc3c(n2)CNCC3)ccc1N1CCC(CN2CCN(c3ccc(N4CCC(=O)NC4=O)c(C)c3)CC2)CC1. The molecule has 0 aliphatic carbocycles. The molecule has 3 fully saturated rings. The molecule has 0 bridgehead atoms. The van der Waals surface area contributed by atoms with Crippen LogP contribution >= 0.6 is 0 Å². The lowest BCUT2D eigenvalue weighted by Crippen LogP contribution is -2.50. The van der Waals surface area contributed by atoms with Gasteiger partial charge in [-0.05, 0) is 80.1 Å². The maximum Gasteiger partial charge on any atom is 0.328 e. The maximum atomic E-state index is 12.3. The van der Waals surface area contributed by atoms with E-state index in [2.05, 4.69) is 59.9 Å². The van der Waals surface area contributed by atoms with Gasteiger partial charge in [-0.3, -0.25) is 19.9 Å². The highest BCUT2D eigenvalue weighted by molar-refractivity contribution is 6.06. The lowest BCUT2D eigenvalue weighted by Gasteiger charge is -2.40. The number of nitrogens with zero attached hydrogens (tertiary/aromatic N) is 6. The number of urea groups is 1. The molecule has 3 aromatic rings. The van der Waals surface area contributed by atoms with E-state index in [0.29, 0.717) is 24.8 Å². The average Bonchev–Trinajstić information content (AvgIpc) is 3.09. The van der Waals surface area contributed by atoms with Crippen LogP contribution in [0.3, 0.4) is 0 Å². The monoisotopic (exact) mass is 639 g/mol. The van der Waals surface area contributed by atoms with Crippen molar-refractivity contribution >= 4 is 40.6 Å². The normalized spacial score (nSPS) is 19.4. The molecule has 5 heterocycles. The van der Waals surface area contributed by atoms with Crippen LogP contribution in [0.2, 0.25) is 0 Å². The molecule has 3 N–H and O–H groups in total. The third-order valence-electron chi connectivity index (χ3n) is 9.99. The molecule has 0 spiro atoms. The van der Waals surface area contributed by atoms with E-state index in [1.54, 1.807) is 12.0 Å². The second-order valence-electron chi connectivity index (χ2n) is 13.0. The van der Waals surface area contributed by atoms with Crippen molar-refractivity contribution in [3.63, 3.8) is 0 Å². The lowest BCUT2D eigenvalue weighted by atomic mass is 9.95. The number of amides is 3. The van der Waals surface area contributed by atoms with E-state index in [-0.39, 0.29) is 11.9 Å². The number of aromatic nitrogens is 2.